The molecule has 2 aliphatic carbocycles. The molecule has 0 aromatic heterocycles. The third-order valence-corrected chi connectivity index (χ3v) is 6.92. The molecule has 0 fully saturated rings. The molecule has 0 saturated carbocycles. The fraction of sp³-hybridized carbons (Fsp3) is 0.500. The number of hydrogen-bond donors (Lipinski definition) is 0. The van der Waals surface area contributed by atoms with E-state index in [2.05, 4.69) is 75.7 Å². The zero-order valence-corrected chi connectivity index (χ0v) is 16.8. The summed E-state index contributed by atoms with van der Waals surface area (Å²) in [7, 11) is -2.01. The van der Waals surface area contributed by atoms with Gasteiger partial charge in [-0.25, -0.2) is 22.5 Å². The molecular formula is C16H28Si2Ti-2. The normalized spacial score (nSPS) is 17.4. The Bertz CT molecular complexity index is 371. The maximum atomic E-state index is 3.36. The van der Waals surface area contributed by atoms with Gasteiger partial charge in [-0.3, -0.25) is 12.2 Å². The Morgan fingerprint density at radius 2 is 1.11 bits per heavy atom. The van der Waals surface area contributed by atoms with Crippen LogP contribution in [0, 0.1) is 12.2 Å². The predicted molar refractivity (Wildman–Crippen MR) is 89.9 cm³/mol. The van der Waals surface area contributed by atoms with Gasteiger partial charge in [-0.1, -0.05) is 39.3 Å². The summed E-state index contributed by atoms with van der Waals surface area (Å²) in [6.07, 6.45) is 17.6. The summed E-state index contributed by atoms with van der Waals surface area (Å²) < 4.78 is 0. The van der Waals surface area contributed by atoms with Gasteiger partial charge < -0.3 is 2.85 Å². The monoisotopic (exact) mass is 324 g/mol. The molecule has 0 aliphatic heterocycles. The summed E-state index contributed by atoms with van der Waals surface area (Å²) in [6.45, 7) is 14.1. The maximum Gasteiger partial charge on any atom is 2.00 e. The Kier molecular flexibility index (Phi) is 7.82. The molecule has 0 spiro atoms. The SMILES string of the molecule is C[Si](C)(C)C1=[C-]CC=C1.C[Si](C)(C)C1=[C-]CC=C1.[H-].[H-].[Ti+2]. The van der Waals surface area contributed by atoms with Crippen molar-refractivity contribution in [3.63, 3.8) is 0 Å². The zero-order chi connectivity index (χ0) is 13.8. The van der Waals surface area contributed by atoms with Gasteiger partial charge in [0.15, 0.2) is 0 Å². The van der Waals surface area contributed by atoms with Crippen LogP contribution in [0.1, 0.15) is 15.7 Å². The average Bonchev–Trinajstić information content (AvgIpc) is 2.91. The largest absolute Gasteiger partial charge is 2.00 e. The molecule has 3 heteroatoms. The van der Waals surface area contributed by atoms with E-state index in [-0.39, 0.29) is 24.6 Å². The van der Waals surface area contributed by atoms with Gasteiger partial charge in [-0.2, -0.15) is 12.2 Å². The summed E-state index contributed by atoms with van der Waals surface area (Å²) in [4.78, 5) is 0. The molecular weight excluding hydrogens is 296 g/mol. The molecule has 0 heterocycles. The van der Waals surface area contributed by atoms with Gasteiger partial charge in [0, 0.05) is 16.1 Å². The third-order valence-electron chi connectivity index (χ3n) is 3.01. The van der Waals surface area contributed by atoms with E-state index in [1.54, 1.807) is 0 Å². The third kappa shape index (κ3) is 6.89. The Morgan fingerprint density at radius 1 is 0.789 bits per heavy atom. The molecule has 0 aromatic carbocycles. The number of rotatable bonds is 2. The number of allylic oxidation sites excluding steroid dienone is 8. The second-order valence-corrected chi connectivity index (χ2v) is 17.0. The molecule has 2 aliphatic rings. The standard InChI is InChI=1S/2C8H13Si.Ti.2H/c2*1-9(2,3)8-6-4-5-7-8;;;/h2*4,6H,5H2,1-3H3;;;/q2*-1;+2;2*-1. The fourth-order valence-corrected chi connectivity index (χ4v) is 4.34. The minimum absolute atomic E-state index is 0. The molecule has 0 unspecified atom stereocenters. The second-order valence-electron chi connectivity index (χ2n) is 6.89. The quantitative estimate of drug-likeness (QED) is 0.476. The topological polar surface area (TPSA) is 0 Å². The van der Waals surface area contributed by atoms with Gasteiger partial charge in [-0.15, -0.1) is 12.8 Å². The van der Waals surface area contributed by atoms with E-state index in [0.717, 1.165) is 12.8 Å². The Hall–Kier alpha value is 0.108. The van der Waals surface area contributed by atoms with Crippen LogP contribution >= 0.6 is 0 Å². The van der Waals surface area contributed by atoms with Crippen molar-refractivity contribution in [1.82, 2.24) is 0 Å². The van der Waals surface area contributed by atoms with Crippen molar-refractivity contribution in [3.05, 3.63) is 46.8 Å². The molecule has 0 aromatic rings. The van der Waals surface area contributed by atoms with E-state index >= 15 is 0 Å². The van der Waals surface area contributed by atoms with Crippen LogP contribution < -0.4 is 0 Å². The van der Waals surface area contributed by atoms with Gasteiger partial charge >= 0.3 is 21.7 Å². The van der Waals surface area contributed by atoms with Crippen molar-refractivity contribution < 1.29 is 24.6 Å². The Labute approximate surface area is 139 Å². The molecule has 0 atom stereocenters. The summed E-state index contributed by atoms with van der Waals surface area (Å²) in [5.41, 5.74) is 0. The van der Waals surface area contributed by atoms with E-state index < -0.39 is 16.1 Å². The zero-order valence-electron chi connectivity index (χ0n) is 15.2. The summed E-state index contributed by atoms with van der Waals surface area (Å²) in [6, 6.07) is 0. The van der Waals surface area contributed by atoms with Crippen LogP contribution in [0.4, 0.5) is 0 Å². The van der Waals surface area contributed by atoms with Crippen LogP contribution in [0.25, 0.3) is 0 Å². The Morgan fingerprint density at radius 3 is 1.21 bits per heavy atom. The molecule has 2 rings (SSSR count). The van der Waals surface area contributed by atoms with Crippen LogP contribution in [0.5, 0.6) is 0 Å². The van der Waals surface area contributed by atoms with Crippen molar-refractivity contribution in [2.75, 3.05) is 0 Å². The molecule has 0 N–H and O–H groups in total. The molecule has 0 saturated heterocycles. The predicted octanol–water partition coefficient (Wildman–Crippen LogP) is 5.33. The minimum atomic E-state index is -1.01. The van der Waals surface area contributed by atoms with E-state index in [0.29, 0.717) is 0 Å². The van der Waals surface area contributed by atoms with Crippen LogP contribution in [0.2, 0.25) is 39.3 Å². The van der Waals surface area contributed by atoms with Crippen LogP contribution in [0.15, 0.2) is 34.7 Å². The maximum absolute atomic E-state index is 3.36. The van der Waals surface area contributed by atoms with Crippen molar-refractivity contribution in [2.24, 2.45) is 0 Å². The first kappa shape index (κ1) is 19.1. The molecule has 106 valence electrons. The van der Waals surface area contributed by atoms with Gasteiger partial charge in [-0.05, 0) is 0 Å². The van der Waals surface area contributed by atoms with Crippen LogP contribution in [0.3, 0.4) is 0 Å². The molecule has 0 nitrogen and oxygen atoms in total. The van der Waals surface area contributed by atoms with Gasteiger partial charge in [0.2, 0.25) is 0 Å². The summed E-state index contributed by atoms with van der Waals surface area (Å²) in [5, 5.41) is 2.98. The van der Waals surface area contributed by atoms with Gasteiger partial charge in [0.1, 0.15) is 0 Å². The van der Waals surface area contributed by atoms with E-state index in [4.69, 9.17) is 0 Å². The van der Waals surface area contributed by atoms with Crippen molar-refractivity contribution >= 4 is 16.1 Å². The summed E-state index contributed by atoms with van der Waals surface area (Å²) >= 11 is 0. The fourth-order valence-electron chi connectivity index (χ4n) is 1.84. The minimum Gasteiger partial charge on any atom is -1.00 e. The van der Waals surface area contributed by atoms with Gasteiger partial charge in [0.05, 0.1) is 0 Å². The molecule has 0 bridgehead atoms. The Balaban J connectivity index is -0.000000270. The first-order valence-electron chi connectivity index (χ1n) is 6.77. The van der Waals surface area contributed by atoms with Crippen molar-refractivity contribution in [3.8, 4) is 0 Å². The van der Waals surface area contributed by atoms with Crippen molar-refractivity contribution in [1.29, 1.82) is 0 Å². The first-order chi connectivity index (χ1) is 8.21. The van der Waals surface area contributed by atoms with Crippen molar-refractivity contribution in [2.45, 2.75) is 52.1 Å². The van der Waals surface area contributed by atoms with E-state index in [1.807, 2.05) is 0 Å². The second kappa shape index (κ2) is 7.78. The summed E-state index contributed by atoms with van der Waals surface area (Å²) in [5.74, 6) is 0. The molecule has 0 radical (unpaired) electrons. The van der Waals surface area contributed by atoms with E-state index in [1.165, 1.54) is 10.4 Å². The molecule has 0 amide bonds. The smallest absolute Gasteiger partial charge is 1.00 e. The van der Waals surface area contributed by atoms with Crippen LogP contribution in [-0.2, 0) is 21.7 Å². The first-order valence-corrected chi connectivity index (χ1v) is 13.8. The van der Waals surface area contributed by atoms with Crippen LogP contribution in [-0.4, -0.2) is 16.1 Å². The number of hydrogen-bond acceptors (Lipinski definition) is 0. The van der Waals surface area contributed by atoms with E-state index in [9.17, 15) is 0 Å². The average molecular weight is 324 g/mol. The van der Waals surface area contributed by atoms with Gasteiger partial charge in [0.25, 0.3) is 0 Å². The molecule has 19 heavy (non-hydrogen) atoms.